The lowest BCUT2D eigenvalue weighted by Gasteiger charge is -2.33. The molecule has 1 aromatic heterocycles. The first-order valence-electron chi connectivity index (χ1n) is 5.41. The average molecular weight is 236 g/mol. The van der Waals surface area contributed by atoms with Crippen molar-refractivity contribution in [1.29, 1.82) is 5.41 Å². The van der Waals surface area contributed by atoms with E-state index in [1.54, 1.807) is 13.3 Å². The molecular formula is C11H16N4O2. The zero-order valence-corrected chi connectivity index (χ0v) is 9.72. The maximum Gasteiger partial charge on any atom is 0.137 e. The van der Waals surface area contributed by atoms with Gasteiger partial charge in [0.15, 0.2) is 0 Å². The fraction of sp³-hybridized carbons (Fsp3) is 0.455. The molecule has 0 spiro atoms. The SMILES string of the molecule is COc1ccc(N2CCOC(C(=N)N)C2)nc1. The fourth-order valence-electron chi connectivity index (χ4n) is 1.73. The minimum Gasteiger partial charge on any atom is -0.495 e. The third-order valence-corrected chi connectivity index (χ3v) is 2.69. The van der Waals surface area contributed by atoms with Gasteiger partial charge in [0.2, 0.25) is 0 Å². The van der Waals surface area contributed by atoms with Gasteiger partial charge in [-0.05, 0) is 12.1 Å². The van der Waals surface area contributed by atoms with Gasteiger partial charge in [0, 0.05) is 6.54 Å². The lowest BCUT2D eigenvalue weighted by atomic mass is 10.2. The van der Waals surface area contributed by atoms with Crippen molar-refractivity contribution in [2.24, 2.45) is 5.73 Å². The molecule has 1 aliphatic rings. The molecule has 1 unspecified atom stereocenters. The molecule has 0 bridgehead atoms. The number of hydrogen-bond acceptors (Lipinski definition) is 5. The van der Waals surface area contributed by atoms with E-state index in [1.165, 1.54) is 0 Å². The predicted molar refractivity (Wildman–Crippen MR) is 64.7 cm³/mol. The van der Waals surface area contributed by atoms with Gasteiger partial charge in [-0.1, -0.05) is 0 Å². The summed E-state index contributed by atoms with van der Waals surface area (Å²) >= 11 is 0. The largest absolute Gasteiger partial charge is 0.495 e. The third-order valence-electron chi connectivity index (χ3n) is 2.69. The molecule has 1 saturated heterocycles. The summed E-state index contributed by atoms with van der Waals surface area (Å²) in [5.74, 6) is 1.63. The van der Waals surface area contributed by atoms with E-state index in [9.17, 15) is 0 Å². The van der Waals surface area contributed by atoms with Crippen LogP contribution in [0.3, 0.4) is 0 Å². The van der Waals surface area contributed by atoms with Gasteiger partial charge in [-0.15, -0.1) is 0 Å². The van der Waals surface area contributed by atoms with Crippen molar-refractivity contribution in [3.8, 4) is 5.75 Å². The summed E-state index contributed by atoms with van der Waals surface area (Å²) in [6.07, 6.45) is 1.33. The highest BCUT2D eigenvalue weighted by Gasteiger charge is 2.23. The number of rotatable bonds is 3. The molecule has 1 fully saturated rings. The van der Waals surface area contributed by atoms with E-state index in [0.29, 0.717) is 13.2 Å². The number of anilines is 1. The van der Waals surface area contributed by atoms with E-state index in [2.05, 4.69) is 9.88 Å². The molecule has 17 heavy (non-hydrogen) atoms. The van der Waals surface area contributed by atoms with Crippen molar-refractivity contribution in [3.05, 3.63) is 18.3 Å². The highest BCUT2D eigenvalue weighted by Crippen LogP contribution is 2.18. The summed E-state index contributed by atoms with van der Waals surface area (Å²) in [5, 5.41) is 7.39. The van der Waals surface area contributed by atoms with Crippen molar-refractivity contribution in [3.63, 3.8) is 0 Å². The van der Waals surface area contributed by atoms with E-state index < -0.39 is 0 Å². The number of pyridine rings is 1. The van der Waals surface area contributed by atoms with Gasteiger partial charge in [0.25, 0.3) is 0 Å². The van der Waals surface area contributed by atoms with Gasteiger partial charge in [-0.3, -0.25) is 5.41 Å². The van der Waals surface area contributed by atoms with Gasteiger partial charge in [0.05, 0.1) is 26.5 Å². The summed E-state index contributed by atoms with van der Waals surface area (Å²) in [4.78, 5) is 6.35. The van der Waals surface area contributed by atoms with Crippen molar-refractivity contribution in [1.82, 2.24) is 4.98 Å². The number of nitrogens with one attached hydrogen (secondary N) is 1. The van der Waals surface area contributed by atoms with Gasteiger partial charge in [0.1, 0.15) is 23.5 Å². The Balaban J connectivity index is 2.08. The van der Waals surface area contributed by atoms with Crippen molar-refractivity contribution in [2.45, 2.75) is 6.10 Å². The smallest absolute Gasteiger partial charge is 0.137 e. The van der Waals surface area contributed by atoms with E-state index in [1.807, 2.05) is 12.1 Å². The summed E-state index contributed by atoms with van der Waals surface area (Å²) in [6, 6.07) is 3.75. The van der Waals surface area contributed by atoms with Gasteiger partial charge < -0.3 is 20.1 Å². The van der Waals surface area contributed by atoms with E-state index in [0.717, 1.165) is 18.1 Å². The first-order valence-corrected chi connectivity index (χ1v) is 5.41. The average Bonchev–Trinajstić information content (AvgIpc) is 2.39. The number of morpholine rings is 1. The normalized spacial score (nSPS) is 20.1. The molecule has 6 heteroatoms. The molecule has 1 atom stereocenters. The van der Waals surface area contributed by atoms with Crippen LogP contribution < -0.4 is 15.4 Å². The molecule has 1 aromatic rings. The number of nitrogens with zero attached hydrogens (tertiary/aromatic N) is 2. The Morgan fingerprint density at radius 2 is 2.47 bits per heavy atom. The van der Waals surface area contributed by atoms with Crippen LogP contribution in [0.4, 0.5) is 5.82 Å². The Labute approximate surface area is 99.8 Å². The van der Waals surface area contributed by atoms with Crippen LogP contribution in [0.1, 0.15) is 0 Å². The molecule has 0 aliphatic carbocycles. The van der Waals surface area contributed by atoms with Crippen LogP contribution in [-0.4, -0.2) is 43.7 Å². The van der Waals surface area contributed by atoms with Crippen molar-refractivity contribution in [2.75, 3.05) is 31.7 Å². The Morgan fingerprint density at radius 1 is 1.65 bits per heavy atom. The maximum absolute atomic E-state index is 7.39. The Morgan fingerprint density at radius 3 is 3.06 bits per heavy atom. The number of ether oxygens (including phenoxy) is 2. The molecular weight excluding hydrogens is 220 g/mol. The van der Waals surface area contributed by atoms with Crippen LogP contribution in [0.15, 0.2) is 18.3 Å². The third kappa shape index (κ3) is 2.65. The minimum atomic E-state index is -0.340. The molecule has 92 valence electrons. The first-order chi connectivity index (χ1) is 8.20. The molecule has 2 heterocycles. The van der Waals surface area contributed by atoms with E-state index >= 15 is 0 Å². The number of methoxy groups -OCH3 is 1. The second-order valence-corrected chi connectivity index (χ2v) is 3.82. The molecule has 0 aromatic carbocycles. The van der Waals surface area contributed by atoms with Crippen LogP contribution in [-0.2, 0) is 4.74 Å². The molecule has 0 amide bonds. The second kappa shape index (κ2) is 5.01. The Hall–Kier alpha value is -1.82. The number of hydrogen-bond donors (Lipinski definition) is 2. The summed E-state index contributed by atoms with van der Waals surface area (Å²) in [6.45, 7) is 1.87. The predicted octanol–water partition coefficient (Wildman–Crippen LogP) is 0.231. The second-order valence-electron chi connectivity index (χ2n) is 3.82. The summed E-state index contributed by atoms with van der Waals surface area (Å²) in [5.41, 5.74) is 5.44. The molecule has 3 N–H and O–H groups in total. The van der Waals surface area contributed by atoms with Crippen LogP contribution >= 0.6 is 0 Å². The lowest BCUT2D eigenvalue weighted by molar-refractivity contribution is 0.0823. The topological polar surface area (TPSA) is 84.5 Å². The van der Waals surface area contributed by atoms with Crippen LogP contribution in [0.2, 0.25) is 0 Å². The molecule has 2 rings (SSSR count). The maximum atomic E-state index is 7.39. The van der Waals surface area contributed by atoms with Crippen molar-refractivity contribution >= 4 is 11.7 Å². The molecule has 1 aliphatic heterocycles. The Kier molecular flexibility index (Phi) is 3.43. The summed E-state index contributed by atoms with van der Waals surface area (Å²) in [7, 11) is 1.61. The molecule has 0 saturated carbocycles. The molecule has 0 radical (unpaired) electrons. The lowest BCUT2D eigenvalue weighted by Crippen LogP contribution is -2.48. The van der Waals surface area contributed by atoms with E-state index in [-0.39, 0.29) is 11.9 Å². The number of amidine groups is 1. The zero-order valence-electron chi connectivity index (χ0n) is 9.72. The van der Waals surface area contributed by atoms with Gasteiger partial charge in [-0.2, -0.15) is 0 Å². The number of aromatic nitrogens is 1. The van der Waals surface area contributed by atoms with Gasteiger partial charge >= 0.3 is 0 Å². The standard InChI is InChI=1S/C11H16N4O2/c1-16-8-2-3-10(14-6-8)15-4-5-17-9(7-15)11(12)13/h2-3,6,9H,4-5,7H2,1H3,(H3,12,13). The van der Waals surface area contributed by atoms with Crippen LogP contribution in [0, 0.1) is 5.41 Å². The first kappa shape index (κ1) is 11.7. The van der Waals surface area contributed by atoms with Gasteiger partial charge in [-0.25, -0.2) is 4.98 Å². The summed E-state index contributed by atoms with van der Waals surface area (Å²) < 4.78 is 10.4. The highest BCUT2D eigenvalue weighted by atomic mass is 16.5. The van der Waals surface area contributed by atoms with Crippen LogP contribution in [0.5, 0.6) is 5.75 Å². The van der Waals surface area contributed by atoms with E-state index in [4.69, 9.17) is 20.6 Å². The fourth-order valence-corrected chi connectivity index (χ4v) is 1.73. The molecule has 6 nitrogen and oxygen atoms in total. The van der Waals surface area contributed by atoms with Crippen LogP contribution in [0.25, 0.3) is 0 Å². The zero-order chi connectivity index (χ0) is 12.3. The Bertz CT molecular complexity index is 393. The quantitative estimate of drug-likeness (QED) is 0.579. The monoisotopic (exact) mass is 236 g/mol. The van der Waals surface area contributed by atoms with Crippen molar-refractivity contribution < 1.29 is 9.47 Å². The highest BCUT2D eigenvalue weighted by molar-refractivity contribution is 5.82. The minimum absolute atomic E-state index is 0.0585. The number of nitrogens with two attached hydrogens (primary N) is 1.